The fraction of sp³-hybridized carbons (Fsp3) is 1.00. The molecule has 0 unspecified atom stereocenters. The van der Waals surface area contributed by atoms with Gasteiger partial charge in [0.15, 0.2) is 0 Å². The van der Waals surface area contributed by atoms with E-state index in [2.05, 4.69) is 53.7 Å². The molecule has 0 spiro atoms. The van der Waals surface area contributed by atoms with E-state index < -0.39 is 0 Å². The van der Waals surface area contributed by atoms with Crippen molar-refractivity contribution in [3.8, 4) is 0 Å². The van der Waals surface area contributed by atoms with E-state index in [0.717, 1.165) is 11.8 Å². The highest BCUT2D eigenvalue weighted by Crippen LogP contribution is 2.44. The summed E-state index contributed by atoms with van der Waals surface area (Å²) < 4.78 is 2.44. The third kappa shape index (κ3) is 1.79. The second kappa shape index (κ2) is 3.82. The van der Waals surface area contributed by atoms with Crippen LogP contribution in [0.4, 0.5) is 0 Å². The van der Waals surface area contributed by atoms with Crippen molar-refractivity contribution >= 4 is 22.9 Å². The van der Waals surface area contributed by atoms with Crippen molar-refractivity contribution in [2.75, 3.05) is 13.1 Å². The van der Waals surface area contributed by atoms with Gasteiger partial charge in [-0.2, -0.15) is 0 Å². The van der Waals surface area contributed by atoms with Crippen molar-refractivity contribution in [1.82, 2.24) is 3.11 Å². The first kappa shape index (κ1) is 10.8. The topological polar surface area (TPSA) is 3.24 Å². The average molecular weight is 281 g/mol. The maximum atomic E-state index is 2.46. The van der Waals surface area contributed by atoms with E-state index in [0.29, 0.717) is 5.41 Å². The van der Waals surface area contributed by atoms with E-state index in [-0.39, 0.29) is 0 Å². The number of nitrogens with zero attached hydrogens (tertiary/aromatic N) is 1. The molecule has 1 saturated heterocycles. The first-order chi connectivity index (χ1) is 5.49. The smallest absolute Gasteiger partial charge is 0.0201 e. The van der Waals surface area contributed by atoms with Gasteiger partial charge in [-0.1, -0.05) is 27.7 Å². The van der Waals surface area contributed by atoms with E-state index >= 15 is 0 Å². The van der Waals surface area contributed by atoms with E-state index in [1.54, 1.807) is 0 Å². The van der Waals surface area contributed by atoms with Crippen LogP contribution < -0.4 is 0 Å². The molecule has 1 aliphatic heterocycles. The van der Waals surface area contributed by atoms with E-state index in [9.17, 15) is 0 Å². The van der Waals surface area contributed by atoms with Crippen molar-refractivity contribution < 1.29 is 0 Å². The second-order valence-corrected chi connectivity index (χ2v) is 6.00. The molecule has 0 atom stereocenters. The highest BCUT2D eigenvalue weighted by atomic mass is 127. The summed E-state index contributed by atoms with van der Waals surface area (Å²) in [5.74, 6) is 1.63. The molecular weight excluding hydrogens is 261 g/mol. The van der Waals surface area contributed by atoms with E-state index in [1.165, 1.54) is 19.5 Å². The fourth-order valence-corrected chi connectivity index (χ4v) is 3.29. The summed E-state index contributed by atoms with van der Waals surface area (Å²) in [5, 5.41) is 0. The highest BCUT2D eigenvalue weighted by molar-refractivity contribution is 14.1. The van der Waals surface area contributed by atoms with Crippen LogP contribution in [0.25, 0.3) is 0 Å². The molecule has 0 aliphatic carbocycles. The first-order valence-electron chi connectivity index (χ1n) is 4.90. The molecule has 0 aromatic rings. The van der Waals surface area contributed by atoms with Gasteiger partial charge >= 0.3 is 0 Å². The number of halogens is 1. The number of hydrogen-bond donors (Lipinski definition) is 0. The predicted octanol–water partition coefficient (Wildman–Crippen LogP) is 3.34. The lowest BCUT2D eigenvalue weighted by molar-refractivity contribution is 0.133. The molecule has 72 valence electrons. The molecule has 1 rings (SSSR count). The van der Waals surface area contributed by atoms with Crippen LogP contribution >= 0.6 is 22.9 Å². The zero-order chi connectivity index (χ0) is 9.35. The third-order valence-corrected chi connectivity index (χ3v) is 4.41. The molecule has 0 N–H and O–H groups in total. The molecule has 0 bridgehead atoms. The minimum absolute atomic E-state index is 0.585. The van der Waals surface area contributed by atoms with Crippen LogP contribution in [0.15, 0.2) is 0 Å². The van der Waals surface area contributed by atoms with Gasteiger partial charge < -0.3 is 0 Å². The van der Waals surface area contributed by atoms with Gasteiger partial charge in [-0.15, -0.1) is 0 Å². The lowest BCUT2D eigenvalue weighted by Gasteiger charge is -2.37. The minimum Gasteiger partial charge on any atom is -0.247 e. The SMILES string of the molecule is CC(C)C1(C(C)C)CCN(I)C1. The monoisotopic (exact) mass is 281 g/mol. The number of hydrogen-bond acceptors (Lipinski definition) is 1. The van der Waals surface area contributed by atoms with Gasteiger partial charge in [0.25, 0.3) is 0 Å². The lowest BCUT2D eigenvalue weighted by atomic mass is 9.68. The molecule has 1 fully saturated rings. The van der Waals surface area contributed by atoms with Crippen LogP contribution in [0.2, 0.25) is 0 Å². The van der Waals surface area contributed by atoms with Crippen molar-refractivity contribution in [1.29, 1.82) is 0 Å². The largest absolute Gasteiger partial charge is 0.247 e. The minimum atomic E-state index is 0.585. The molecule has 2 heteroatoms. The third-order valence-electron chi connectivity index (χ3n) is 3.59. The highest BCUT2D eigenvalue weighted by Gasteiger charge is 2.42. The Kier molecular flexibility index (Phi) is 3.43. The Morgan fingerprint density at radius 3 is 1.83 bits per heavy atom. The molecule has 0 aromatic heterocycles. The van der Waals surface area contributed by atoms with Crippen LogP contribution in [0.3, 0.4) is 0 Å². The van der Waals surface area contributed by atoms with Crippen LogP contribution in [0, 0.1) is 17.3 Å². The molecular formula is C10H20IN. The van der Waals surface area contributed by atoms with Gasteiger partial charge in [-0.25, -0.2) is 3.11 Å². The summed E-state index contributed by atoms with van der Waals surface area (Å²) in [5.41, 5.74) is 0.585. The summed E-state index contributed by atoms with van der Waals surface area (Å²) in [6.45, 7) is 12.0. The summed E-state index contributed by atoms with van der Waals surface area (Å²) in [4.78, 5) is 0. The quantitative estimate of drug-likeness (QED) is 0.554. The Bertz CT molecular complexity index is 146. The van der Waals surface area contributed by atoms with E-state index in [4.69, 9.17) is 0 Å². The van der Waals surface area contributed by atoms with Gasteiger partial charge in [-0.3, -0.25) is 0 Å². The molecule has 1 heterocycles. The van der Waals surface area contributed by atoms with Gasteiger partial charge in [0.1, 0.15) is 0 Å². The standard InChI is InChI=1S/C10H20IN/c1-8(2)10(9(3)4)5-6-12(11)7-10/h8-9H,5-7H2,1-4H3. The van der Waals surface area contributed by atoms with Gasteiger partial charge in [0.05, 0.1) is 0 Å². The Morgan fingerprint density at radius 2 is 1.67 bits per heavy atom. The summed E-state index contributed by atoms with van der Waals surface area (Å²) >= 11 is 2.46. The van der Waals surface area contributed by atoms with Crippen LogP contribution in [0.5, 0.6) is 0 Å². The lowest BCUT2D eigenvalue weighted by Crippen LogP contribution is -2.34. The molecule has 0 saturated carbocycles. The summed E-state index contributed by atoms with van der Waals surface area (Å²) in [6, 6.07) is 0. The zero-order valence-corrected chi connectivity index (χ0v) is 10.8. The maximum absolute atomic E-state index is 2.46. The normalized spacial score (nSPS) is 24.2. The van der Waals surface area contributed by atoms with Gasteiger partial charge in [-0.05, 0) is 23.7 Å². The molecule has 1 nitrogen and oxygen atoms in total. The molecule has 0 amide bonds. The Morgan fingerprint density at radius 1 is 1.17 bits per heavy atom. The molecule has 12 heavy (non-hydrogen) atoms. The fourth-order valence-electron chi connectivity index (χ4n) is 2.42. The van der Waals surface area contributed by atoms with Crippen molar-refractivity contribution in [3.05, 3.63) is 0 Å². The van der Waals surface area contributed by atoms with Gasteiger partial charge in [0.2, 0.25) is 0 Å². The first-order valence-corrected chi connectivity index (χ1v) is 5.86. The summed E-state index contributed by atoms with van der Waals surface area (Å²) in [7, 11) is 0. The van der Waals surface area contributed by atoms with Crippen LogP contribution in [-0.2, 0) is 0 Å². The average Bonchev–Trinajstić information content (AvgIpc) is 2.32. The zero-order valence-electron chi connectivity index (χ0n) is 8.60. The molecule has 0 aromatic carbocycles. The maximum Gasteiger partial charge on any atom is 0.0201 e. The van der Waals surface area contributed by atoms with Gasteiger partial charge in [0, 0.05) is 36.0 Å². The van der Waals surface area contributed by atoms with Crippen molar-refractivity contribution in [2.24, 2.45) is 17.3 Å². The van der Waals surface area contributed by atoms with E-state index in [1.807, 2.05) is 0 Å². The van der Waals surface area contributed by atoms with Crippen molar-refractivity contribution in [3.63, 3.8) is 0 Å². The molecule has 1 aliphatic rings. The molecule has 0 radical (unpaired) electrons. The Balaban J connectivity index is 2.75. The second-order valence-electron chi connectivity index (χ2n) is 4.64. The van der Waals surface area contributed by atoms with Crippen LogP contribution in [-0.4, -0.2) is 16.2 Å². The predicted molar refractivity (Wildman–Crippen MR) is 62.3 cm³/mol. The van der Waals surface area contributed by atoms with Crippen molar-refractivity contribution in [2.45, 2.75) is 34.1 Å². The Hall–Kier alpha value is 0.690. The number of rotatable bonds is 2. The summed E-state index contributed by atoms with van der Waals surface area (Å²) in [6.07, 6.45) is 1.38. The Labute approximate surface area is 90.4 Å². The van der Waals surface area contributed by atoms with Crippen LogP contribution in [0.1, 0.15) is 34.1 Å².